The molecule has 0 aliphatic heterocycles. The summed E-state index contributed by atoms with van der Waals surface area (Å²) in [4.78, 5) is 21.8. The van der Waals surface area contributed by atoms with Gasteiger partial charge in [-0.05, 0) is 58.6 Å². The Labute approximate surface area is 152 Å². The average molecular weight is 419 g/mol. The highest BCUT2D eigenvalue weighted by molar-refractivity contribution is 9.09. The van der Waals surface area contributed by atoms with E-state index in [2.05, 4.69) is 15.9 Å². The van der Waals surface area contributed by atoms with E-state index in [-0.39, 0.29) is 16.8 Å². The summed E-state index contributed by atoms with van der Waals surface area (Å²) in [6.07, 6.45) is 0.400. The molecule has 23 heavy (non-hydrogen) atoms. The van der Waals surface area contributed by atoms with Crippen molar-refractivity contribution in [3.05, 3.63) is 44.8 Å². The minimum absolute atomic E-state index is 0.147. The van der Waals surface area contributed by atoms with E-state index in [0.29, 0.717) is 19.6 Å². The number of alkyl halides is 1. The molecular formula is C16H19BrO4S2. The maximum Gasteiger partial charge on any atom is 0.324 e. The van der Waals surface area contributed by atoms with Crippen LogP contribution in [-0.2, 0) is 25.5 Å². The fourth-order valence-corrected chi connectivity index (χ4v) is 3.49. The smallest absolute Gasteiger partial charge is 0.324 e. The number of halogens is 1. The van der Waals surface area contributed by atoms with E-state index in [1.165, 1.54) is 0 Å². The molecule has 4 nitrogen and oxygen atoms in total. The van der Waals surface area contributed by atoms with Gasteiger partial charge in [0.15, 0.2) is 0 Å². The Balaban J connectivity index is 0.000000231. The van der Waals surface area contributed by atoms with E-state index in [9.17, 15) is 9.59 Å². The first kappa shape index (κ1) is 19.9. The van der Waals surface area contributed by atoms with Gasteiger partial charge < -0.3 is 9.47 Å². The van der Waals surface area contributed by atoms with E-state index in [1.807, 2.05) is 40.6 Å². The SMILES string of the molecule is CCOC(=O)C(Br)c1ccsc1.CCOC(=O)Cc1ccsc1. The molecule has 0 saturated heterocycles. The van der Waals surface area contributed by atoms with Crippen molar-refractivity contribution in [2.24, 2.45) is 0 Å². The maximum absolute atomic E-state index is 11.2. The number of ether oxygens (including phenoxy) is 2. The van der Waals surface area contributed by atoms with Crippen LogP contribution < -0.4 is 0 Å². The van der Waals surface area contributed by atoms with Crippen LogP contribution in [0.15, 0.2) is 33.7 Å². The summed E-state index contributed by atoms with van der Waals surface area (Å²) in [5, 5.41) is 7.77. The fourth-order valence-electron chi connectivity index (χ4n) is 1.54. The highest BCUT2D eigenvalue weighted by Crippen LogP contribution is 2.25. The van der Waals surface area contributed by atoms with Gasteiger partial charge in [0.25, 0.3) is 0 Å². The van der Waals surface area contributed by atoms with Crippen molar-refractivity contribution in [2.45, 2.75) is 25.1 Å². The van der Waals surface area contributed by atoms with Crippen molar-refractivity contribution >= 4 is 50.5 Å². The highest BCUT2D eigenvalue weighted by atomic mass is 79.9. The molecule has 7 heteroatoms. The largest absolute Gasteiger partial charge is 0.466 e. The Morgan fingerprint density at radius 2 is 1.74 bits per heavy atom. The molecule has 2 rings (SSSR count). The number of rotatable bonds is 6. The highest BCUT2D eigenvalue weighted by Gasteiger charge is 2.17. The van der Waals surface area contributed by atoms with Crippen molar-refractivity contribution in [3.8, 4) is 0 Å². The second-order valence-corrected chi connectivity index (χ2v) is 6.76. The van der Waals surface area contributed by atoms with Crippen LogP contribution >= 0.6 is 38.6 Å². The van der Waals surface area contributed by atoms with Crippen molar-refractivity contribution in [2.75, 3.05) is 13.2 Å². The third kappa shape index (κ3) is 7.76. The Morgan fingerprint density at radius 3 is 2.26 bits per heavy atom. The topological polar surface area (TPSA) is 52.6 Å². The Bertz CT molecular complexity index is 567. The lowest BCUT2D eigenvalue weighted by molar-refractivity contribution is -0.143. The van der Waals surface area contributed by atoms with Gasteiger partial charge in [0.05, 0.1) is 19.6 Å². The summed E-state index contributed by atoms with van der Waals surface area (Å²) < 4.78 is 9.63. The van der Waals surface area contributed by atoms with Gasteiger partial charge in [0.2, 0.25) is 0 Å². The molecule has 0 aromatic carbocycles. The number of hydrogen-bond donors (Lipinski definition) is 0. The molecule has 2 aromatic rings. The molecule has 126 valence electrons. The zero-order valence-corrected chi connectivity index (χ0v) is 16.2. The van der Waals surface area contributed by atoms with Crippen LogP contribution in [0.2, 0.25) is 0 Å². The molecule has 0 spiro atoms. The van der Waals surface area contributed by atoms with Crippen LogP contribution in [0.1, 0.15) is 29.8 Å². The number of carbonyl (C=O) groups is 2. The Kier molecular flexibility index (Phi) is 9.82. The summed E-state index contributed by atoms with van der Waals surface area (Å²) in [6.45, 7) is 4.49. The standard InChI is InChI=1S/C8H9BrO2S.C8H10O2S/c1-2-11-8(10)7(9)6-3-4-12-5-6;1-2-10-8(9)5-7-3-4-11-6-7/h3-5,7H,2H2,1H3;3-4,6H,2,5H2,1H3. The monoisotopic (exact) mass is 418 g/mol. The number of thiophene rings is 2. The number of hydrogen-bond acceptors (Lipinski definition) is 6. The van der Waals surface area contributed by atoms with Gasteiger partial charge in [-0.15, -0.1) is 0 Å². The maximum atomic E-state index is 11.2. The van der Waals surface area contributed by atoms with Gasteiger partial charge in [-0.3, -0.25) is 9.59 Å². The van der Waals surface area contributed by atoms with E-state index >= 15 is 0 Å². The number of esters is 2. The molecule has 0 radical (unpaired) electrons. The van der Waals surface area contributed by atoms with Crippen LogP contribution in [0.25, 0.3) is 0 Å². The van der Waals surface area contributed by atoms with Gasteiger partial charge in [-0.25, -0.2) is 0 Å². The molecule has 0 aliphatic rings. The van der Waals surface area contributed by atoms with Crippen LogP contribution in [0.4, 0.5) is 0 Å². The van der Waals surface area contributed by atoms with Gasteiger partial charge in [0.1, 0.15) is 4.83 Å². The minimum Gasteiger partial charge on any atom is -0.466 e. The summed E-state index contributed by atoms with van der Waals surface area (Å²) in [5.74, 6) is -0.373. The summed E-state index contributed by atoms with van der Waals surface area (Å²) in [7, 11) is 0. The Morgan fingerprint density at radius 1 is 1.09 bits per heavy atom. The van der Waals surface area contributed by atoms with Crippen LogP contribution in [-0.4, -0.2) is 25.2 Å². The number of carbonyl (C=O) groups excluding carboxylic acids is 2. The third-order valence-corrected chi connectivity index (χ3v) is 4.90. The van der Waals surface area contributed by atoms with Gasteiger partial charge in [0, 0.05) is 0 Å². The molecular weight excluding hydrogens is 400 g/mol. The van der Waals surface area contributed by atoms with Crippen LogP contribution in [0.3, 0.4) is 0 Å². The predicted molar refractivity (Wildman–Crippen MR) is 97.3 cm³/mol. The average Bonchev–Trinajstić information content (AvgIpc) is 3.21. The molecule has 0 aliphatic carbocycles. The molecule has 0 saturated carbocycles. The Hall–Kier alpha value is -1.18. The van der Waals surface area contributed by atoms with E-state index in [1.54, 1.807) is 29.6 Å². The minimum atomic E-state index is -0.316. The predicted octanol–water partition coefficient (Wildman–Crippen LogP) is 4.60. The third-order valence-electron chi connectivity index (χ3n) is 2.56. The molecule has 1 unspecified atom stereocenters. The van der Waals surface area contributed by atoms with Gasteiger partial charge in [-0.2, -0.15) is 22.7 Å². The van der Waals surface area contributed by atoms with Crippen LogP contribution in [0, 0.1) is 0 Å². The van der Waals surface area contributed by atoms with Crippen molar-refractivity contribution in [3.63, 3.8) is 0 Å². The van der Waals surface area contributed by atoms with E-state index < -0.39 is 0 Å². The first-order valence-electron chi connectivity index (χ1n) is 7.07. The van der Waals surface area contributed by atoms with Crippen molar-refractivity contribution in [1.82, 2.24) is 0 Å². The van der Waals surface area contributed by atoms with Crippen molar-refractivity contribution in [1.29, 1.82) is 0 Å². The first-order valence-corrected chi connectivity index (χ1v) is 9.88. The molecule has 0 bridgehead atoms. The van der Waals surface area contributed by atoms with Gasteiger partial charge >= 0.3 is 11.9 Å². The second kappa shape index (κ2) is 11.4. The summed E-state index contributed by atoms with van der Waals surface area (Å²) >= 11 is 6.42. The fraction of sp³-hybridized carbons (Fsp3) is 0.375. The molecule has 0 N–H and O–H groups in total. The summed E-state index contributed by atoms with van der Waals surface area (Å²) in [5.41, 5.74) is 1.99. The molecule has 1 atom stereocenters. The lowest BCUT2D eigenvalue weighted by Gasteiger charge is -2.05. The van der Waals surface area contributed by atoms with Crippen LogP contribution in [0.5, 0.6) is 0 Å². The lowest BCUT2D eigenvalue weighted by Crippen LogP contribution is -2.09. The quantitative estimate of drug-likeness (QED) is 0.507. The lowest BCUT2D eigenvalue weighted by atomic mass is 10.2. The van der Waals surface area contributed by atoms with Crippen molar-refractivity contribution < 1.29 is 19.1 Å². The van der Waals surface area contributed by atoms with E-state index in [4.69, 9.17) is 9.47 Å². The molecule has 0 amide bonds. The summed E-state index contributed by atoms with van der Waals surface area (Å²) in [6, 6.07) is 3.84. The molecule has 2 heterocycles. The van der Waals surface area contributed by atoms with Gasteiger partial charge in [-0.1, -0.05) is 15.9 Å². The normalized spacial score (nSPS) is 11.1. The second-order valence-electron chi connectivity index (χ2n) is 4.28. The molecule has 0 fully saturated rings. The first-order chi connectivity index (χ1) is 11.1. The zero-order valence-electron chi connectivity index (χ0n) is 13.0. The van der Waals surface area contributed by atoms with E-state index in [0.717, 1.165) is 11.1 Å². The molecule has 2 aromatic heterocycles. The zero-order chi connectivity index (χ0) is 17.1.